The van der Waals surface area contributed by atoms with Crippen LogP contribution in [-0.2, 0) is 12.8 Å². The van der Waals surface area contributed by atoms with Gasteiger partial charge in [-0.3, -0.25) is 0 Å². The lowest BCUT2D eigenvalue weighted by atomic mass is 10.1. The molecular formula is C13H16ClN3O. The molecule has 0 aliphatic heterocycles. The van der Waals surface area contributed by atoms with E-state index in [1.165, 1.54) is 0 Å². The molecule has 0 radical (unpaired) electrons. The van der Waals surface area contributed by atoms with Crippen molar-refractivity contribution >= 4 is 11.6 Å². The quantitative estimate of drug-likeness (QED) is 0.902. The van der Waals surface area contributed by atoms with Crippen LogP contribution >= 0.6 is 11.6 Å². The van der Waals surface area contributed by atoms with E-state index in [4.69, 9.17) is 21.9 Å². The summed E-state index contributed by atoms with van der Waals surface area (Å²) in [7, 11) is 0. The highest BCUT2D eigenvalue weighted by Gasteiger charge is 2.10. The summed E-state index contributed by atoms with van der Waals surface area (Å²) in [6.07, 6.45) is 1.35. The monoisotopic (exact) mass is 265 g/mol. The maximum absolute atomic E-state index is 5.93. The van der Waals surface area contributed by atoms with Crippen LogP contribution in [0.3, 0.4) is 0 Å². The first kappa shape index (κ1) is 13.1. The van der Waals surface area contributed by atoms with E-state index in [2.05, 4.69) is 17.1 Å². The summed E-state index contributed by atoms with van der Waals surface area (Å²) in [5, 5.41) is 4.67. The summed E-state index contributed by atoms with van der Waals surface area (Å²) >= 11 is 5.93. The maximum atomic E-state index is 5.93. The number of aromatic nitrogens is 2. The van der Waals surface area contributed by atoms with Gasteiger partial charge in [0.15, 0.2) is 5.82 Å². The Labute approximate surface area is 111 Å². The topological polar surface area (TPSA) is 64.9 Å². The SMILES string of the molecule is CC(CN)Cc1nc(Cc2cccc(Cl)c2)no1. The van der Waals surface area contributed by atoms with Gasteiger partial charge in [-0.25, -0.2) is 0 Å². The van der Waals surface area contributed by atoms with Crippen LogP contribution in [-0.4, -0.2) is 16.7 Å². The van der Waals surface area contributed by atoms with Gasteiger partial charge < -0.3 is 10.3 Å². The van der Waals surface area contributed by atoms with E-state index in [1.54, 1.807) is 0 Å². The third kappa shape index (κ3) is 3.55. The van der Waals surface area contributed by atoms with Crippen LogP contribution in [0, 0.1) is 5.92 Å². The summed E-state index contributed by atoms with van der Waals surface area (Å²) in [5.41, 5.74) is 6.63. The van der Waals surface area contributed by atoms with E-state index in [1.807, 2.05) is 24.3 Å². The molecular weight excluding hydrogens is 250 g/mol. The van der Waals surface area contributed by atoms with Crippen molar-refractivity contribution in [2.45, 2.75) is 19.8 Å². The Balaban J connectivity index is 2.02. The molecule has 1 aromatic carbocycles. The molecule has 1 atom stereocenters. The minimum Gasteiger partial charge on any atom is -0.339 e. The van der Waals surface area contributed by atoms with Crippen LogP contribution in [0.25, 0.3) is 0 Å². The van der Waals surface area contributed by atoms with Gasteiger partial charge in [0, 0.05) is 17.9 Å². The maximum Gasteiger partial charge on any atom is 0.226 e. The molecule has 1 heterocycles. The Bertz CT molecular complexity index is 512. The fraction of sp³-hybridized carbons (Fsp3) is 0.385. The fourth-order valence-corrected chi connectivity index (χ4v) is 1.87. The molecule has 1 aromatic heterocycles. The van der Waals surface area contributed by atoms with Crippen molar-refractivity contribution in [3.05, 3.63) is 46.6 Å². The zero-order valence-electron chi connectivity index (χ0n) is 10.3. The number of hydrogen-bond donors (Lipinski definition) is 1. The first-order valence-corrected chi connectivity index (χ1v) is 6.31. The fourth-order valence-electron chi connectivity index (χ4n) is 1.66. The molecule has 5 heteroatoms. The van der Waals surface area contributed by atoms with E-state index in [0.29, 0.717) is 35.6 Å². The Morgan fingerprint density at radius 1 is 1.44 bits per heavy atom. The Hall–Kier alpha value is -1.39. The van der Waals surface area contributed by atoms with Gasteiger partial charge in [-0.1, -0.05) is 35.8 Å². The lowest BCUT2D eigenvalue weighted by Crippen LogP contribution is -2.13. The Kier molecular flexibility index (Phi) is 4.33. The number of benzene rings is 1. The smallest absolute Gasteiger partial charge is 0.226 e. The Morgan fingerprint density at radius 2 is 2.28 bits per heavy atom. The van der Waals surface area contributed by atoms with Gasteiger partial charge >= 0.3 is 0 Å². The van der Waals surface area contributed by atoms with Crippen molar-refractivity contribution in [1.82, 2.24) is 10.1 Å². The molecule has 18 heavy (non-hydrogen) atoms. The molecule has 0 aliphatic rings. The molecule has 0 amide bonds. The second kappa shape index (κ2) is 5.98. The van der Waals surface area contributed by atoms with E-state index in [0.717, 1.165) is 12.0 Å². The van der Waals surface area contributed by atoms with Gasteiger partial charge in [-0.05, 0) is 30.2 Å². The molecule has 0 spiro atoms. The third-order valence-electron chi connectivity index (χ3n) is 2.69. The molecule has 2 aromatic rings. The molecule has 0 saturated carbocycles. The van der Waals surface area contributed by atoms with Crippen molar-refractivity contribution in [3.63, 3.8) is 0 Å². The molecule has 1 unspecified atom stereocenters. The van der Waals surface area contributed by atoms with E-state index in [9.17, 15) is 0 Å². The average Bonchev–Trinajstić information content (AvgIpc) is 2.76. The lowest BCUT2D eigenvalue weighted by Gasteiger charge is -2.01. The van der Waals surface area contributed by atoms with Gasteiger partial charge in [-0.2, -0.15) is 4.98 Å². The summed E-state index contributed by atoms with van der Waals surface area (Å²) in [6.45, 7) is 2.67. The predicted octanol–water partition coefficient (Wildman–Crippen LogP) is 2.45. The van der Waals surface area contributed by atoms with Crippen molar-refractivity contribution in [1.29, 1.82) is 0 Å². The highest BCUT2D eigenvalue weighted by molar-refractivity contribution is 6.30. The molecule has 0 bridgehead atoms. The second-order valence-electron chi connectivity index (χ2n) is 4.46. The summed E-state index contributed by atoms with van der Waals surface area (Å²) in [4.78, 5) is 4.35. The highest BCUT2D eigenvalue weighted by Crippen LogP contribution is 2.14. The number of nitrogens with two attached hydrogens (primary N) is 1. The van der Waals surface area contributed by atoms with Crippen LogP contribution in [0.1, 0.15) is 24.2 Å². The Morgan fingerprint density at radius 3 is 3.00 bits per heavy atom. The van der Waals surface area contributed by atoms with Gasteiger partial charge in [0.05, 0.1) is 0 Å². The van der Waals surface area contributed by atoms with E-state index in [-0.39, 0.29) is 0 Å². The second-order valence-corrected chi connectivity index (χ2v) is 4.89. The number of halogens is 1. The number of hydrogen-bond acceptors (Lipinski definition) is 4. The zero-order valence-corrected chi connectivity index (χ0v) is 11.0. The largest absolute Gasteiger partial charge is 0.339 e. The first-order chi connectivity index (χ1) is 8.67. The molecule has 0 aliphatic carbocycles. The van der Waals surface area contributed by atoms with Crippen LogP contribution in [0.5, 0.6) is 0 Å². The zero-order chi connectivity index (χ0) is 13.0. The van der Waals surface area contributed by atoms with Gasteiger partial charge in [0.1, 0.15) is 0 Å². The molecule has 4 nitrogen and oxygen atoms in total. The van der Waals surface area contributed by atoms with Crippen LogP contribution in [0.2, 0.25) is 5.02 Å². The average molecular weight is 266 g/mol. The van der Waals surface area contributed by atoms with Crippen molar-refractivity contribution < 1.29 is 4.52 Å². The highest BCUT2D eigenvalue weighted by atomic mass is 35.5. The standard InChI is InChI=1S/C13H16ClN3O/c1-9(8-15)5-13-16-12(17-18-13)7-10-3-2-4-11(14)6-10/h2-4,6,9H,5,7-8,15H2,1H3. The summed E-state index contributed by atoms with van der Waals surface area (Å²) < 4.78 is 5.19. The third-order valence-corrected chi connectivity index (χ3v) is 2.92. The summed E-state index contributed by atoms with van der Waals surface area (Å²) in [5.74, 6) is 1.67. The molecule has 0 fully saturated rings. The van der Waals surface area contributed by atoms with Gasteiger partial charge in [0.2, 0.25) is 5.89 Å². The molecule has 2 rings (SSSR count). The molecule has 96 valence electrons. The first-order valence-electron chi connectivity index (χ1n) is 5.93. The van der Waals surface area contributed by atoms with Gasteiger partial charge in [0.25, 0.3) is 0 Å². The van der Waals surface area contributed by atoms with Crippen LogP contribution < -0.4 is 5.73 Å². The van der Waals surface area contributed by atoms with Crippen LogP contribution in [0.4, 0.5) is 0 Å². The lowest BCUT2D eigenvalue weighted by molar-refractivity contribution is 0.356. The van der Waals surface area contributed by atoms with E-state index < -0.39 is 0 Å². The minimum absolute atomic E-state index is 0.351. The molecule has 0 saturated heterocycles. The number of rotatable bonds is 5. The van der Waals surface area contributed by atoms with Crippen molar-refractivity contribution in [3.8, 4) is 0 Å². The van der Waals surface area contributed by atoms with Crippen molar-refractivity contribution in [2.75, 3.05) is 6.54 Å². The van der Waals surface area contributed by atoms with Gasteiger partial charge in [-0.15, -0.1) is 0 Å². The molecule has 2 N–H and O–H groups in total. The van der Waals surface area contributed by atoms with Crippen molar-refractivity contribution in [2.24, 2.45) is 11.7 Å². The van der Waals surface area contributed by atoms with E-state index >= 15 is 0 Å². The predicted molar refractivity (Wildman–Crippen MR) is 70.5 cm³/mol. The summed E-state index contributed by atoms with van der Waals surface area (Å²) in [6, 6.07) is 7.65. The number of nitrogens with zero attached hydrogens (tertiary/aromatic N) is 2. The minimum atomic E-state index is 0.351. The van der Waals surface area contributed by atoms with Crippen LogP contribution in [0.15, 0.2) is 28.8 Å². The normalized spacial score (nSPS) is 12.6.